The number of rotatable bonds is 4. The van der Waals surface area contributed by atoms with Crippen molar-refractivity contribution in [1.29, 1.82) is 0 Å². The summed E-state index contributed by atoms with van der Waals surface area (Å²) in [5.74, 6) is 0.479. The first-order valence-corrected chi connectivity index (χ1v) is 9.56. The quantitative estimate of drug-likeness (QED) is 0.834. The molecule has 140 valence electrons. The highest BCUT2D eigenvalue weighted by atomic mass is 16.2. The minimum Gasteiger partial charge on any atom is -0.342 e. The van der Waals surface area contributed by atoms with Crippen molar-refractivity contribution in [3.63, 3.8) is 0 Å². The normalized spacial score (nSPS) is 20.9. The molecule has 0 N–H and O–H groups in total. The molecule has 0 radical (unpaired) electrons. The molecule has 2 aliphatic rings. The Labute approximate surface area is 159 Å². The van der Waals surface area contributed by atoms with Crippen LogP contribution in [0.3, 0.4) is 0 Å². The SMILES string of the molecule is O=C1CC(C(=O)N2CCC(c3ccncc3)CC2)CN1Cc1ccncc1. The van der Waals surface area contributed by atoms with Gasteiger partial charge in [-0.1, -0.05) is 0 Å². The molecule has 0 aliphatic carbocycles. The summed E-state index contributed by atoms with van der Waals surface area (Å²) in [5.41, 5.74) is 2.35. The Balaban J connectivity index is 1.32. The summed E-state index contributed by atoms with van der Waals surface area (Å²) in [5, 5.41) is 0. The van der Waals surface area contributed by atoms with Crippen LogP contribution in [0.25, 0.3) is 0 Å². The number of nitrogens with zero attached hydrogens (tertiary/aromatic N) is 4. The minimum absolute atomic E-state index is 0.0665. The number of hydrogen-bond donors (Lipinski definition) is 0. The van der Waals surface area contributed by atoms with E-state index in [0.29, 0.717) is 25.4 Å². The highest BCUT2D eigenvalue weighted by Crippen LogP contribution is 2.29. The van der Waals surface area contributed by atoms with E-state index in [4.69, 9.17) is 0 Å². The molecule has 0 spiro atoms. The zero-order chi connectivity index (χ0) is 18.6. The molecule has 6 heteroatoms. The largest absolute Gasteiger partial charge is 0.342 e. The van der Waals surface area contributed by atoms with Gasteiger partial charge in [-0.15, -0.1) is 0 Å². The number of pyridine rings is 2. The van der Waals surface area contributed by atoms with E-state index in [2.05, 4.69) is 22.1 Å². The fraction of sp³-hybridized carbons (Fsp3) is 0.429. The highest BCUT2D eigenvalue weighted by Gasteiger charge is 2.37. The summed E-state index contributed by atoms with van der Waals surface area (Å²) in [4.78, 5) is 37.1. The second-order valence-corrected chi connectivity index (χ2v) is 7.41. The number of piperidine rings is 1. The van der Waals surface area contributed by atoms with Gasteiger partial charge in [-0.2, -0.15) is 0 Å². The summed E-state index contributed by atoms with van der Waals surface area (Å²) >= 11 is 0. The average Bonchev–Trinajstić information content (AvgIpc) is 3.09. The molecule has 2 aromatic heterocycles. The van der Waals surface area contributed by atoms with Crippen molar-refractivity contribution in [3.8, 4) is 0 Å². The molecule has 27 heavy (non-hydrogen) atoms. The first-order valence-electron chi connectivity index (χ1n) is 9.56. The predicted octanol–water partition coefficient (Wildman–Crippen LogP) is 2.23. The van der Waals surface area contributed by atoms with Crippen LogP contribution in [-0.2, 0) is 16.1 Å². The van der Waals surface area contributed by atoms with Crippen molar-refractivity contribution >= 4 is 11.8 Å². The lowest BCUT2D eigenvalue weighted by Crippen LogP contribution is -2.42. The summed E-state index contributed by atoms with van der Waals surface area (Å²) in [6.07, 6.45) is 9.38. The molecule has 2 aliphatic heterocycles. The summed E-state index contributed by atoms with van der Waals surface area (Å²) < 4.78 is 0. The zero-order valence-corrected chi connectivity index (χ0v) is 15.3. The fourth-order valence-corrected chi connectivity index (χ4v) is 4.13. The third kappa shape index (κ3) is 3.99. The molecule has 2 aromatic rings. The van der Waals surface area contributed by atoms with E-state index in [1.165, 1.54) is 5.56 Å². The van der Waals surface area contributed by atoms with Crippen molar-refractivity contribution < 1.29 is 9.59 Å². The van der Waals surface area contributed by atoms with Crippen molar-refractivity contribution in [2.75, 3.05) is 19.6 Å². The standard InChI is InChI=1S/C21H24N4O2/c26-20-13-19(15-25(20)14-16-1-7-22-8-2-16)21(27)24-11-5-18(6-12-24)17-3-9-23-10-4-17/h1-4,7-10,18-19H,5-6,11-15H2. The van der Waals surface area contributed by atoms with E-state index < -0.39 is 0 Å². The Morgan fingerprint density at radius 3 is 2.30 bits per heavy atom. The Hall–Kier alpha value is -2.76. The molecular weight excluding hydrogens is 340 g/mol. The molecule has 1 atom stereocenters. The lowest BCUT2D eigenvalue weighted by molar-refractivity contribution is -0.136. The Morgan fingerprint density at radius 1 is 1.00 bits per heavy atom. The fourth-order valence-electron chi connectivity index (χ4n) is 4.13. The second kappa shape index (κ2) is 7.86. The van der Waals surface area contributed by atoms with Crippen LogP contribution in [0.15, 0.2) is 49.1 Å². The van der Waals surface area contributed by atoms with Gasteiger partial charge in [0, 0.05) is 57.4 Å². The first kappa shape index (κ1) is 17.6. The van der Waals surface area contributed by atoms with E-state index in [9.17, 15) is 9.59 Å². The Bertz CT molecular complexity index is 788. The van der Waals surface area contributed by atoms with Crippen LogP contribution in [0.1, 0.15) is 36.3 Å². The van der Waals surface area contributed by atoms with Gasteiger partial charge in [0.15, 0.2) is 0 Å². The minimum atomic E-state index is -0.211. The van der Waals surface area contributed by atoms with Crippen molar-refractivity contribution in [3.05, 3.63) is 60.2 Å². The molecule has 2 fully saturated rings. The Kier molecular flexibility index (Phi) is 5.14. The van der Waals surface area contributed by atoms with E-state index in [-0.39, 0.29) is 17.7 Å². The molecule has 4 heterocycles. The molecule has 1 unspecified atom stereocenters. The predicted molar refractivity (Wildman–Crippen MR) is 101 cm³/mol. The zero-order valence-electron chi connectivity index (χ0n) is 15.3. The van der Waals surface area contributed by atoms with Crippen LogP contribution in [0, 0.1) is 5.92 Å². The van der Waals surface area contributed by atoms with Gasteiger partial charge in [0.25, 0.3) is 0 Å². The number of carbonyl (C=O) groups excluding carboxylic acids is 2. The third-order valence-corrected chi connectivity index (χ3v) is 5.67. The molecule has 2 saturated heterocycles. The molecule has 0 aromatic carbocycles. The van der Waals surface area contributed by atoms with Gasteiger partial charge in [-0.3, -0.25) is 19.6 Å². The average molecular weight is 364 g/mol. The van der Waals surface area contributed by atoms with E-state index in [1.807, 2.05) is 29.4 Å². The Morgan fingerprint density at radius 2 is 1.63 bits per heavy atom. The van der Waals surface area contributed by atoms with Gasteiger partial charge in [-0.25, -0.2) is 0 Å². The van der Waals surface area contributed by atoms with Gasteiger partial charge in [0.2, 0.25) is 11.8 Å². The monoisotopic (exact) mass is 364 g/mol. The van der Waals surface area contributed by atoms with E-state index >= 15 is 0 Å². The van der Waals surface area contributed by atoms with Crippen LogP contribution in [0.2, 0.25) is 0 Å². The van der Waals surface area contributed by atoms with Crippen molar-refractivity contribution in [2.24, 2.45) is 5.92 Å². The van der Waals surface area contributed by atoms with Crippen LogP contribution in [0.4, 0.5) is 0 Å². The lowest BCUT2D eigenvalue weighted by atomic mass is 9.89. The van der Waals surface area contributed by atoms with Gasteiger partial charge in [-0.05, 0) is 54.2 Å². The maximum atomic E-state index is 12.9. The molecule has 2 amide bonds. The second-order valence-electron chi connectivity index (χ2n) is 7.41. The summed E-state index contributed by atoms with van der Waals surface area (Å²) in [6, 6.07) is 7.95. The summed E-state index contributed by atoms with van der Waals surface area (Å²) in [6.45, 7) is 2.60. The molecule has 0 bridgehead atoms. The maximum absolute atomic E-state index is 12.9. The lowest BCUT2D eigenvalue weighted by Gasteiger charge is -2.33. The molecule has 0 saturated carbocycles. The maximum Gasteiger partial charge on any atom is 0.227 e. The molecule has 6 nitrogen and oxygen atoms in total. The van der Waals surface area contributed by atoms with E-state index in [0.717, 1.165) is 31.5 Å². The van der Waals surface area contributed by atoms with E-state index in [1.54, 1.807) is 17.3 Å². The number of likely N-dealkylation sites (tertiary alicyclic amines) is 2. The van der Waals surface area contributed by atoms with Gasteiger partial charge < -0.3 is 9.80 Å². The number of carbonyl (C=O) groups is 2. The van der Waals surface area contributed by atoms with Gasteiger partial charge >= 0.3 is 0 Å². The number of hydrogen-bond acceptors (Lipinski definition) is 4. The number of amides is 2. The third-order valence-electron chi connectivity index (χ3n) is 5.67. The van der Waals surface area contributed by atoms with Crippen LogP contribution < -0.4 is 0 Å². The van der Waals surface area contributed by atoms with Crippen LogP contribution in [-0.4, -0.2) is 51.2 Å². The highest BCUT2D eigenvalue weighted by molar-refractivity contribution is 5.89. The van der Waals surface area contributed by atoms with Crippen molar-refractivity contribution in [2.45, 2.75) is 31.7 Å². The van der Waals surface area contributed by atoms with Crippen LogP contribution >= 0.6 is 0 Å². The smallest absolute Gasteiger partial charge is 0.227 e. The van der Waals surface area contributed by atoms with Crippen LogP contribution in [0.5, 0.6) is 0 Å². The summed E-state index contributed by atoms with van der Waals surface area (Å²) in [7, 11) is 0. The topological polar surface area (TPSA) is 66.4 Å². The van der Waals surface area contributed by atoms with Gasteiger partial charge in [0.1, 0.15) is 0 Å². The number of aromatic nitrogens is 2. The van der Waals surface area contributed by atoms with Crippen molar-refractivity contribution in [1.82, 2.24) is 19.8 Å². The van der Waals surface area contributed by atoms with Gasteiger partial charge in [0.05, 0.1) is 5.92 Å². The first-order chi connectivity index (χ1) is 13.2. The molecule has 4 rings (SSSR count). The molecular formula is C21H24N4O2.